The standard InChI is InChI=1S/C24H21N3O2S/c28-23(26-15-7-8-16-26)17-9-1-2-10-18(17)25-24(29)27-19-11-3-5-13-21(19)30-22-14-6-4-12-20(22)27/h1-6,9-14H,7-8,15-16H2,(H,25,29). The smallest absolute Gasteiger partial charge is 0.331 e. The normalized spacial score (nSPS) is 14.8. The van der Waals surface area contributed by atoms with Crippen LogP contribution in [0.5, 0.6) is 0 Å². The fourth-order valence-electron chi connectivity index (χ4n) is 3.96. The van der Waals surface area contributed by atoms with E-state index < -0.39 is 0 Å². The van der Waals surface area contributed by atoms with E-state index >= 15 is 0 Å². The number of urea groups is 1. The van der Waals surface area contributed by atoms with Gasteiger partial charge >= 0.3 is 6.03 Å². The highest BCUT2D eigenvalue weighted by Crippen LogP contribution is 2.48. The van der Waals surface area contributed by atoms with Gasteiger partial charge in [0.2, 0.25) is 0 Å². The number of para-hydroxylation sites is 3. The van der Waals surface area contributed by atoms with Crippen LogP contribution in [0.3, 0.4) is 0 Å². The summed E-state index contributed by atoms with van der Waals surface area (Å²) in [6.07, 6.45) is 2.05. The molecule has 0 bridgehead atoms. The first-order chi connectivity index (χ1) is 14.7. The highest BCUT2D eigenvalue weighted by molar-refractivity contribution is 7.99. The molecule has 30 heavy (non-hydrogen) atoms. The molecular weight excluding hydrogens is 394 g/mol. The number of carbonyl (C=O) groups excluding carboxylic acids is 2. The van der Waals surface area contributed by atoms with Gasteiger partial charge in [-0.2, -0.15) is 0 Å². The van der Waals surface area contributed by atoms with Crippen molar-refractivity contribution in [1.82, 2.24) is 4.90 Å². The molecule has 1 saturated heterocycles. The first kappa shape index (κ1) is 18.8. The molecule has 2 aliphatic rings. The average Bonchev–Trinajstić information content (AvgIpc) is 3.32. The van der Waals surface area contributed by atoms with Crippen molar-refractivity contribution in [3.8, 4) is 0 Å². The Labute approximate surface area is 179 Å². The summed E-state index contributed by atoms with van der Waals surface area (Å²) < 4.78 is 0. The summed E-state index contributed by atoms with van der Waals surface area (Å²) in [5.41, 5.74) is 2.73. The number of hydrogen-bond acceptors (Lipinski definition) is 3. The first-order valence-corrected chi connectivity index (χ1v) is 10.9. The van der Waals surface area contributed by atoms with E-state index in [1.807, 2.05) is 65.6 Å². The van der Waals surface area contributed by atoms with Gasteiger partial charge in [-0.1, -0.05) is 48.2 Å². The summed E-state index contributed by atoms with van der Waals surface area (Å²) in [6, 6.07) is 22.7. The molecule has 0 aliphatic carbocycles. The van der Waals surface area contributed by atoms with Gasteiger partial charge in [-0.15, -0.1) is 0 Å². The molecule has 5 nitrogen and oxygen atoms in total. The average molecular weight is 416 g/mol. The predicted octanol–water partition coefficient (Wildman–Crippen LogP) is 5.76. The minimum absolute atomic E-state index is 0.0293. The Hall–Kier alpha value is -3.25. The van der Waals surface area contributed by atoms with Gasteiger partial charge in [-0.3, -0.25) is 9.69 Å². The number of likely N-dealkylation sites (tertiary alicyclic amines) is 1. The zero-order valence-corrected chi connectivity index (χ0v) is 17.2. The third-order valence-electron chi connectivity index (χ3n) is 5.43. The van der Waals surface area contributed by atoms with Crippen molar-refractivity contribution < 1.29 is 9.59 Å². The molecule has 2 heterocycles. The lowest BCUT2D eigenvalue weighted by molar-refractivity contribution is 0.0794. The third kappa shape index (κ3) is 3.33. The molecule has 1 N–H and O–H groups in total. The quantitative estimate of drug-likeness (QED) is 0.579. The second-order valence-corrected chi connectivity index (χ2v) is 8.43. The van der Waals surface area contributed by atoms with Crippen molar-refractivity contribution in [3.63, 3.8) is 0 Å². The van der Waals surface area contributed by atoms with E-state index in [2.05, 4.69) is 5.32 Å². The summed E-state index contributed by atoms with van der Waals surface area (Å²) in [7, 11) is 0. The Morgan fingerprint density at radius 3 is 2.00 bits per heavy atom. The van der Waals surface area contributed by atoms with Crippen LogP contribution >= 0.6 is 11.8 Å². The lowest BCUT2D eigenvalue weighted by Gasteiger charge is -2.31. The predicted molar refractivity (Wildman–Crippen MR) is 120 cm³/mol. The fraction of sp³-hybridized carbons (Fsp3) is 0.167. The molecule has 5 rings (SSSR count). The van der Waals surface area contributed by atoms with Gasteiger partial charge in [-0.25, -0.2) is 4.79 Å². The van der Waals surface area contributed by atoms with Crippen LogP contribution in [-0.2, 0) is 0 Å². The molecule has 0 radical (unpaired) electrons. The van der Waals surface area contributed by atoms with E-state index in [4.69, 9.17) is 0 Å². The molecule has 3 amide bonds. The Kier molecular flexibility index (Phi) is 4.93. The summed E-state index contributed by atoms with van der Waals surface area (Å²) in [4.78, 5) is 32.0. The number of rotatable bonds is 2. The number of benzene rings is 3. The van der Waals surface area contributed by atoms with Crippen molar-refractivity contribution in [3.05, 3.63) is 78.4 Å². The van der Waals surface area contributed by atoms with Gasteiger partial charge in [0, 0.05) is 22.9 Å². The van der Waals surface area contributed by atoms with Crippen molar-refractivity contribution in [2.24, 2.45) is 0 Å². The lowest BCUT2D eigenvalue weighted by Crippen LogP contribution is -2.34. The maximum absolute atomic E-state index is 13.5. The van der Waals surface area contributed by atoms with Gasteiger partial charge in [0.25, 0.3) is 5.91 Å². The number of hydrogen-bond donors (Lipinski definition) is 1. The first-order valence-electron chi connectivity index (χ1n) is 10.1. The molecule has 0 aromatic heterocycles. The van der Waals surface area contributed by atoms with Crippen molar-refractivity contribution in [2.75, 3.05) is 23.3 Å². The minimum Gasteiger partial charge on any atom is -0.339 e. The zero-order valence-electron chi connectivity index (χ0n) is 16.4. The highest BCUT2D eigenvalue weighted by Gasteiger charge is 2.29. The largest absolute Gasteiger partial charge is 0.339 e. The van der Waals surface area contributed by atoms with Crippen LogP contribution in [0.4, 0.5) is 21.9 Å². The number of nitrogens with one attached hydrogen (secondary N) is 1. The molecule has 0 saturated carbocycles. The van der Waals surface area contributed by atoms with Crippen molar-refractivity contribution in [2.45, 2.75) is 22.6 Å². The van der Waals surface area contributed by atoms with Crippen LogP contribution in [0.15, 0.2) is 82.6 Å². The van der Waals surface area contributed by atoms with Gasteiger partial charge < -0.3 is 10.2 Å². The van der Waals surface area contributed by atoms with E-state index in [9.17, 15) is 9.59 Å². The Morgan fingerprint density at radius 1 is 0.767 bits per heavy atom. The van der Waals surface area contributed by atoms with Gasteiger partial charge in [0.15, 0.2) is 0 Å². The zero-order chi connectivity index (χ0) is 20.5. The molecule has 6 heteroatoms. The maximum Gasteiger partial charge on any atom is 0.331 e. The van der Waals surface area contributed by atoms with E-state index in [-0.39, 0.29) is 11.9 Å². The highest BCUT2D eigenvalue weighted by atomic mass is 32.2. The molecular formula is C24H21N3O2S. The van der Waals surface area contributed by atoms with Gasteiger partial charge in [0.1, 0.15) is 0 Å². The van der Waals surface area contributed by atoms with Crippen LogP contribution < -0.4 is 10.2 Å². The van der Waals surface area contributed by atoms with E-state index in [0.29, 0.717) is 11.3 Å². The summed E-state index contributed by atoms with van der Waals surface area (Å²) in [5.74, 6) is -0.0293. The molecule has 0 atom stereocenters. The Morgan fingerprint density at radius 2 is 1.33 bits per heavy atom. The summed E-state index contributed by atoms with van der Waals surface area (Å²) in [5, 5.41) is 3.00. The van der Waals surface area contributed by atoms with Crippen LogP contribution in [0.2, 0.25) is 0 Å². The molecule has 3 aromatic rings. The molecule has 150 valence electrons. The molecule has 1 fully saturated rings. The maximum atomic E-state index is 13.5. The van der Waals surface area contributed by atoms with E-state index in [1.54, 1.807) is 28.8 Å². The third-order valence-corrected chi connectivity index (χ3v) is 6.56. The molecule has 3 aromatic carbocycles. The van der Waals surface area contributed by atoms with E-state index in [1.165, 1.54) is 0 Å². The van der Waals surface area contributed by atoms with Crippen LogP contribution in [0.25, 0.3) is 0 Å². The van der Waals surface area contributed by atoms with Crippen LogP contribution in [0.1, 0.15) is 23.2 Å². The van der Waals surface area contributed by atoms with Gasteiger partial charge in [0.05, 0.1) is 22.6 Å². The molecule has 0 unspecified atom stereocenters. The van der Waals surface area contributed by atoms with Crippen molar-refractivity contribution in [1.29, 1.82) is 0 Å². The summed E-state index contributed by atoms with van der Waals surface area (Å²) in [6.45, 7) is 1.54. The Balaban J connectivity index is 1.49. The second-order valence-electron chi connectivity index (χ2n) is 7.35. The Bertz CT molecular complexity index is 1080. The number of amides is 3. The van der Waals surface area contributed by atoms with Crippen molar-refractivity contribution >= 4 is 40.8 Å². The lowest BCUT2D eigenvalue weighted by atomic mass is 10.1. The van der Waals surface area contributed by atoms with E-state index in [0.717, 1.165) is 47.1 Å². The second kappa shape index (κ2) is 7.88. The molecule has 2 aliphatic heterocycles. The SMILES string of the molecule is O=C(c1ccccc1NC(=O)N1c2ccccc2Sc2ccccc21)N1CCCC1. The van der Waals surface area contributed by atoms with Gasteiger partial charge in [-0.05, 0) is 49.2 Å². The minimum atomic E-state index is -0.281. The number of carbonyl (C=O) groups is 2. The van der Waals surface area contributed by atoms with Crippen LogP contribution in [0, 0.1) is 0 Å². The topological polar surface area (TPSA) is 52.7 Å². The summed E-state index contributed by atoms with van der Waals surface area (Å²) >= 11 is 1.65. The molecule has 0 spiro atoms. The number of fused-ring (bicyclic) bond motifs is 2. The monoisotopic (exact) mass is 415 g/mol. The van der Waals surface area contributed by atoms with Crippen LogP contribution in [-0.4, -0.2) is 29.9 Å². The number of anilines is 3. The number of nitrogens with zero attached hydrogens (tertiary/aromatic N) is 2. The fourth-order valence-corrected chi connectivity index (χ4v) is 5.02.